The van der Waals surface area contributed by atoms with Crippen molar-refractivity contribution < 1.29 is 41.3 Å². The lowest BCUT2D eigenvalue weighted by Gasteiger charge is -2.12. The molecule has 2 aromatic carbocycles. The lowest BCUT2D eigenvalue weighted by Crippen LogP contribution is -2.06. The van der Waals surface area contributed by atoms with E-state index in [1.807, 2.05) is 0 Å². The minimum Gasteiger partial charge on any atom is -0.493 e. The van der Waals surface area contributed by atoms with Crippen LogP contribution < -0.4 is 14.2 Å². The lowest BCUT2D eigenvalue weighted by atomic mass is 10.1. The lowest BCUT2D eigenvalue weighted by molar-refractivity contribution is -0.129. The molecule has 0 aliphatic carbocycles. The highest BCUT2D eigenvalue weighted by molar-refractivity contribution is 6.13. The molecule has 2 aromatic rings. The van der Waals surface area contributed by atoms with Gasteiger partial charge in [-0.2, -0.15) is 17.6 Å². The molecule has 0 bridgehead atoms. The molecule has 0 unspecified atom stereocenters. The second kappa shape index (κ2) is 8.63. The van der Waals surface area contributed by atoms with Gasteiger partial charge in [-0.15, -0.1) is 0 Å². The van der Waals surface area contributed by atoms with E-state index in [-0.39, 0.29) is 34.4 Å². The molecule has 152 valence electrons. The average molecular weight is 411 g/mol. The summed E-state index contributed by atoms with van der Waals surface area (Å²) < 4.78 is 68.7. The van der Waals surface area contributed by atoms with Gasteiger partial charge in [0.25, 0.3) is 0 Å². The molecule has 10 heteroatoms. The fraction of sp³-hybridized carbons (Fsp3) is 0.158. The number of carbonyl (C=O) groups excluding carboxylic acids is 1. The Balaban J connectivity index is 1.91. The Labute approximate surface area is 162 Å². The first kappa shape index (κ1) is 20.2. The number of hydrogen-bond acceptors (Lipinski definition) is 6. The molecule has 0 saturated carbocycles. The summed E-state index contributed by atoms with van der Waals surface area (Å²) in [6, 6.07) is 9.66. The third-order valence-corrected chi connectivity index (χ3v) is 3.68. The van der Waals surface area contributed by atoms with Crippen molar-refractivity contribution in [3.05, 3.63) is 59.3 Å². The molecular formula is C19H13F4NO5. The van der Waals surface area contributed by atoms with Crippen LogP contribution in [0.5, 0.6) is 17.2 Å². The Kier molecular flexibility index (Phi) is 6.01. The maximum Gasteiger partial charge on any atom is 0.387 e. The molecule has 1 aliphatic rings. The van der Waals surface area contributed by atoms with Gasteiger partial charge in [-0.1, -0.05) is 12.1 Å². The molecule has 0 amide bonds. The third-order valence-electron chi connectivity index (χ3n) is 3.68. The number of nitrogens with zero attached hydrogens (tertiary/aromatic N) is 1. The van der Waals surface area contributed by atoms with Crippen LogP contribution >= 0.6 is 0 Å². The number of rotatable bonds is 7. The quantitative estimate of drug-likeness (QED) is 0.387. The van der Waals surface area contributed by atoms with Crippen LogP contribution in [0.25, 0.3) is 6.08 Å². The topological polar surface area (TPSA) is 66.3 Å². The Bertz CT molecular complexity index is 958. The number of methoxy groups -OCH3 is 1. The van der Waals surface area contributed by atoms with Crippen molar-refractivity contribution in [2.75, 3.05) is 7.11 Å². The zero-order valence-corrected chi connectivity index (χ0v) is 14.8. The highest BCUT2D eigenvalue weighted by Gasteiger charge is 2.25. The standard InChI is InChI=1S/C19H13F4NO5/c1-26-14-4-2-3-11(15(14)28-19(22)23)9-13-17(25)29-16(24-13)10-5-7-12(8-6-10)27-18(20)21/h2-9,18-19H,1H3. The van der Waals surface area contributed by atoms with E-state index in [0.29, 0.717) is 5.56 Å². The molecule has 0 radical (unpaired) electrons. The minimum atomic E-state index is -3.10. The summed E-state index contributed by atoms with van der Waals surface area (Å²) in [5.41, 5.74) is 0.292. The minimum absolute atomic E-state index is 0.0461. The van der Waals surface area contributed by atoms with Crippen molar-refractivity contribution in [3.8, 4) is 17.2 Å². The Morgan fingerprint density at radius 3 is 2.31 bits per heavy atom. The fourth-order valence-electron chi connectivity index (χ4n) is 2.48. The van der Waals surface area contributed by atoms with E-state index < -0.39 is 19.2 Å². The van der Waals surface area contributed by atoms with Gasteiger partial charge in [0.15, 0.2) is 17.2 Å². The Hall–Kier alpha value is -3.56. The molecule has 6 nitrogen and oxygen atoms in total. The monoisotopic (exact) mass is 411 g/mol. The van der Waals surface area contributed by atoms with Gasteiger partial charge < -0.3 is 18.9 Å². The van der Waals surface area contributed by atoms with E-state index in [0.717, 1.165) is 0 Å². The normalized spacial score (nSPS) is 14.9. The summed E-state index contributed by atoms with van der Waals surface area (Å²) in [5.74, 6) is -1.19. The highest BCUT2D eigenvalue weighted by Crippen LogP contribution is 2.34. The molecule has 3 rings (SSSR count). The van der Waals surface area contributed by atoms with E-state index in [9.17, 15) is 22.4 Å². The van der Waals surface area contributed by atoms with Crippen molar-refractivity contribution >= 4 is 17.9 Å². The Morgan fingerprint density at radius 1 is 1.00 bits per heavy atom. The number of esters is 1. The molecule has 0 atom stereocenters. The number of halogens is 4. The smallest absolute Gasteiger partial charge is 0.387 e. The zero-order valence-electron chi connectivity index (χ0n) is 14.8. The second-order valence-electron chi connectivity index (χ2n) is 5.50. The van der Waals surface area contributed by atoms with Gasteiger partial charge in [-0.05, 0) is 36.4 Å². The van der Waals surface area contributed by atoms with E-state index in [4.69, 9.17) is 9.47 Å². The fourth-order valence-corrected chi connectivity index (χ4v) is 2.48. The summed E-state index contributed by atoms with van der Waals surface area (Å²) in [5, 5.41) is 0. The molecule has 0 saturated heterocycles. The number of para-hydroxylation sites is 1. The summed E-state index contributed by atoms with van der Waals surface area (Å²) in [4.78, 5) is 16.1. The van der Waals surface area contributed by atoms with Crippen molar-refractivity contribution in [2.24, 2.45) is 4.99 Å². The molecule has 29 heavy (non-hydrogen) atoms. The zero-order chi connectivity index (χ0) is 21.0. The first-order valence-electron chi connectivity index (χ1n) is 8.07. The first-order chi connectivity index (χ1) is 13.9. The van der Waals surface area contributed by atoms with Crippen LogP contribution in [0.1, 0.15) is 11.1 Å². The number of carbonyl (C=O) groups is 1. The van der Waals surface area contributed by atoms with Gasteiger partial charge in [0.1, 0.15) is 5.75 Å². The van der Waals surface area contributed by atoms with E-state index in [2.05, 4.69) is 14.5 Å². The van der Waals surface area contributed by atoms with E-state index >= 15 is 0 Å². The van der Waals surface area contributed by atoms with Crippen LogP contribution in [-0.2, 0) is 9.53 Å². The summed E-state index contributed by atoms with van der Waals surface area (Å²) in [6.07, 6.45) is 1.21. The van der Waals surface area contributed by atoms with Crippen molar-refractivity contribution in [1.29, 1.82) is 0 Å². The van der Waals surface area contributed by atoms with Crippen molar-refractivity contribution in [1.82, 2.24) is 0 Å². The summed E-state index contributed by atoms with van der Waals surface area (Å²) >= 11 is 0. The Morgan fingerprint density at radius 2 is 1.69 bits per heavy atom. The van der Waals surface area contributed by atoms with Crippen molar-refractivity contribution in [2.45, 2.75) is 13.2 Å². The van der Waals surface area contributed by atoms with Crippen molar-refractivity contribution in [3.63, 3.8) is 0 Å². The number of cyclic esters (lactones) is 1. The van der Waals surface area contributed by atoms with Gasteiger partial charge in [0, 0.05) is 11.1 Å². The predicted molar refractivity (Wildman–Crippen MR) is 93.3 cm³/mol. The number of alkyl halides is 4. The van der Waals surface area contributed by atoms with E-state index in [1.165, 1.54) is 55.7 Å². The second-order valence-corrected chi connectivity index (χ2v) is 5.50. The van der Waals surface area contributed by atoms with Crippen LogP contribution in [0.4, 0.5) is 17.6 Å². The molecule has 0 spiro atoms. The maximum atomic E-state index is 12.7. The summed E-state index contributed by atoms with van der Waals surface area (Å²) in [7, 11) is 1.28. The SMILES string of the molecule is COc1cccc(C=C2N=C(c3ccc(OC(F)F)cc3)OC2=O)c1OC(F)F. The number of benzene rings is 2. The molecule has 0 N–H and O–H groups in total. The van der Waals surface area contributed by atoms with Gasteiger partial charge in [-0.25, -0.2) is 9.79 Å². The van der Waals surface area contributed by atoms with Crippen LogP contribution in [0.15, 0.2) is 53.2 Å². The number of aliphatic imine (C=N–C) groups is 1. The van der Waals surface area contributed by atoms with Gasteiger partial charge in [0.2, 0.25) is 5.90 Å². The average Bonchev–Trinajstić information content (AvgIpc) is 3.03. The molecule has 1 heterocycles. The largest absolute Gasteiger partial charge is 0.493 e. The van der Waals surface area contributed by atoms with Crippen LogP contribution in [-0.4, -0.2) is 32.2 Å². The van der Waals surface area contributed by atoms with E-state index in [1.54, 1.807) is 0 Å². The van der Waals surface area contributed by atoms with Gasteiger partial charge in [0.05, 0.1) is 7.11 Å². The highest BCUT2D eigenvalue weighted by atomic mass is 19.3. The molecule has 1 aliphatic heterocycles. The number of ether oxygens (including phenoxy) is 4. The summed E-state index contributed by atoms with van der Waals surface area (Å²) in [6.45, 7) is -6.07. The first-order valence-corrected chi connectivity index (χ1v) is 8.07. The third kappa shape index (κ3) is 4.84. The van der Waals surface area contributed by atoms with Gasteiger partial charge >= 0.3 is 19.2 Å². The van der Waals surface area contributed by atoms with Crippen LogP contribution in [0, 0.1) is 0 Å². The van der Waals surface area contributed by atoms with Gasteiger partial charge in [-0.3, -0.25) is 0 Å². The molecule has 0 aromatic heterocycles. The molecular weight excluding hydrogens is 398 g/mol. The van der Waals surface area contributed by atoms with Crippen LogP contribution in [0.2, 0.25) is 0 Å². The van der Waals surface area contributed by atoms with Crippen LogP contribution in [0.3, 0.4) is 0 Å². The number of hydrogen-bond donors (Lipinski definition) is 0. The maximum absolute atomic E-state index is 12.7. The predicted octanol–water partition coefficient (Wildman–Crippen LogP) is 4.24. The molecule has 0 fully saturated rings.